The summed E-state index contributed by atoms with van der Waals surface area (Å²) in [4.78, 5) is 2.46. The molecule has 1 atom stereocenters. The third-order valence-corrected chi connectivity index (χ3v) is 5.59. The van der Waals surface area contributed by atoms with E-state index in [1.807, 2.05) is 14.0 Å². The van der Waals surface area contributed by atoms with E-state index in [0.29, 0.717) is 23.5 Å². The SMILES string of the molecule is CC1CN(S(=O)(=O)c2cccc(C#CCN)c2)CCN1C. The maximum absolute atomic E-state index is 12.7. The summed E-state index contributed by atoms with van der Waals surface area (Å²) in [6.07, 6.45) is 0. The molecule has 0 spiro atoms. The van der Waals surface area contributed by atoms with Crippen molar-refractivity contribution >= 4 is 10.0 Å². The van der Waals surface area contributed by atoms with Gasteiger partial charge >= 0.3 is 0 Å². The normalized spacial score (nSPS) is 20.8. The number of sulfonamides is 1. The maximum Gasteiger partial charge on any atom is 0.243 e. The first kappa shape index (κ1) is 16.0. The van der Waals surface area contributed by atoms with Gasteiger partial charge in [0.2, 0.25) is 10.0 Å². The molecular weight excluding hydrogens is 286 g/mol. The Balaban J connectivity index is 2.27. The van der Waals surface area contributed by atoms with Crippen LogP contribution < -0.4 is 5.73 Å². The monoisotopic (exact) mass is 307 g/mol. The van der Waals surface area contributed by atoms with E-state index in [9.17, 15) is 8.42 Å². The second-order valence-electron chi connectivity index (χ2n) is 5.23. The van der Waals surface area contributed by atoms with Crippen molar-refractivity contribution in [3.63, 3.8) is 0 Å². The summed E-state index contributed by atoms with van der Waals surface area (Å²) in [6.45, 7) is 4.06. The average molecular weight is 307 g/mol. The summed E-state index contributed by atoms with van der Waals surface area (Å²) in [6, 6.07) is 6.95. The van der Waals surface area contributed by atoms with E-state index in [1.165, 1.54) is 0 Å². The molecule has 1 aliphatic rings. The maximum atomic E-state index is 12.7. The number of likely N-dealkylation sites (N-methyl/N-ethyl adjacent to an activating group) is 1. The minimum absolute atomic E-state index is 0.216. The molecule has 2 N–H and O–H groups in total. The van der Waals surface area contributed by atoms with Gasteiger partial charge in [-0.15, -0.1) is 0 Å². The van der Waals surface area contributed by atoms with E-state index < -0.39 is 10.0 Å². The zero-order valence-corrected chi connectivity index (χ0v) is 13.2. The summed E-state index contributed by atoms with van der Waals surface area (Å²) in [5.74, 6) is 5.61. The lowest BCUT2D eigenvalue weighted by Crippen LogP contribution is -2.51. The molecule has 0 aliphatic carbocycles. The molecule has 1 aromatic carbocycles. The Hall–Kier alpha value is -1.39. The molecule has 1 heterocycles. The minimum atomic E-state index is -3.46. The van der Waals surface area contributed by atoms with Gasteiger partial charge in [-0.25, -0.2) is 8.42 Å². The van der Waals surface area contributed by atoms with Gasteiger partial charge in [0.15, 0.2) is 0 Å². The third kappa shape index (κ3) is 3.63. The number of hydrogen-bond donors (Lipinski definition) is 1. The van der Waals surface area contributed by atoms with Crippen molar-refractivity contribution in [3.8, 4) is 11.8 Å². The Bertz CT molecular complexity index is 661. The van der Waals surface area contributed by atoms with Crippen LogP contribution >= 0.6 is 0 Å². The zero-order valence-electron chi connectivity index (χ0n) is 12.4. The summed E-state index contributed by atoms with van der Waals surface area (Å²) >= 11 is 0. The van der Waals surface area contributed by atoms with E-state index in [4.69, 9.17) is 5.73 Å². The number of hydrogen-bond acceptors (Lipinski definition) is 4. The average Bonchev–Trinajstić information content (AvgIpc) is 2.48. The van der Waals surface area contributed by atoms with Gasteiger partial charge in [0.05, 0.1) is 11.4 Å². The van der Waals surface area contributed by atoms with Gasteiger partial charge in [-0.05, 0) is 32.2 Å². The van der Waals surface area contributed by atoms with Crippen LogP contribution in [0.2, 0.25) is 0 Å². The summed E-state index contributed by atoms with van der Waals surface area (Å²) < 4.78 is 26.9. The molecule has 5 nitrogen and oxygen atoms in total. The Morgan fingerprint density at radius 2 is 2.14 bits per heavy atom. The molecule has 0 radical (unpaired) electrons. The second-order valence-corrected chi connectivity index (χ2v) is 7.16. The van der Waals surface area contributed by atoms with Crippen molar-refractivity contribution in [2.45, 2.75) is 17.9 Å². The number of nitrogens with zero attached hydrogens (tertiary/aromatic N) is 2. The molecule has 0 bridgehead atoms. The lowest BCUT2D eigenvalue weighted by atomic mass is 10.2. The molecule has 1 saturated heterocycles. The van der Waals surface area contributed by atoms with Crippen LogP contribution in [0.3, 0.4) is 0 Å². The highest BCUT2D eigenvalue weighted by Crippen LogP contribution is 2.20. The van der Waals surface area contributed by atoms with Gasteiger partial charge < -0.3 is 10.6 Å². The quantitative estimate of drug-likeness (QED) is 0.799. The second kappa shape index (κ2) is 6.58. The Morgan fingerprint density at radius 3 is 2.81 bits per heavy atom. The van der Waals surface area contributed by atoms with Crippen molar-refractivity contribution in [2.75, 3.05) is 33.2 Å². The molecule has 2 rings (SSSR count). The molecule has 0 saturated carbocycles. The summed E-state index contributed by atoms with van der Waals surface area (Å²) in [5.41, 5.74) is 6.01. The Kier molecular flexibility index (Phi) is 5.01. The summed E-state index contributed by atoms with van der Waals surface area (Å²) in [5, 5.41) is 0. The van der Waals surface area contributed by atoms with Crippen molar-refractivity contribution in [3.05, 3.63) is 29.8 Å². The minimum Gasteiger partial charge on any atom is -0.320 e. The molecule has 21 heavy (non-hydrogen) atoms. The predicted octanol–water partition coefficient (Wildman–Crippen LogP) is 0.321. The van der Waals surface area contributed by atoms with Crippen molar-refractivity contribution in [1.29, 1.82) is 0 Å². The molecule has 6 heteroatoms. The molecule has 0 amide bonds. The van der Waals surface area contributed by atoms with E-state index in [0.717, 1.165) is 6.54 Å². The number of rotatable bonds is 2. The van der Waals surface area contributed by atoms with E-state index >= 15 is 0 Å². The smallest absolute Gasteiger partial charge is 0.243 e. The van der Waals surface area contributed by atoms with Crippen LogP contribution in [0, 0.1) is 11.8 Å². The number of nitrogens with two attached hydrogens (primary N) is 1. The number of piperazine rings is 1. The first-order valence-electron chi connectivity index (χ1n) is 6.94. The fourth-order valence-corrected chi connectivity index (χ4v) is 3.83. The fraction of sp³-hybridized carbons (Fsp3) is 0.467. The highest BCUT2D eigenvalue weighted by Gasteiger charge is 2.30. The van der Waals surface area contributed by atoms with Crippen LogP contribution in [0.15, 0.2) is 29.2 Å². The predicted molar refractivity (Wildman–Crippen MR) is 83.2 cm³/mol. The molecule has 1 aromatic rings. The highest BCUT2D eigenvalue weighted by atomic mass is 32.2. The molecule has 1 fully saturated rings. The van der Waals surface area contributed by atoms with Crippen LogP contribution in [0.4, 0.5) is 0 Å². The van der Waals surface area contributed by atoms with E-state index in [2.05, 4.69) is 16.7 Å². The molecule has 114 valence electrons. The lowest BCUT2D eigenvalue weighted by Gasteiger charge is -2.36. The standard InChI is InChI=1S/C15H21N3O2S/c1-13-12-18(10-9-17(13)2)21(19,20)15-7-3-5-14(11-15)6-4-8-16/h3,5,7,11,13H,8-10,12,16H2,1-2H3. The van der Waals surface area contributed by atoms with Gasteiger partial charge in [0.25, 0.3) is 0 Å². The first-order chi connectivity index (χ1) is 9.95. The molecule has 1 unspecified atom stereocenters. The molecule has 0 aromatic heterocycles. The fourth-order valence-electron chi connectivity index (χ4n) is 2.27. The number of benzene rings is 1. The van der Waals surface area contributed by atoms with Crippen LogP contribution in [-0.2, 0) is 10.0 Å². The largest absolute Gasteiger partial charge is 0.320 e. The van der Waals surface area contributed by atoms with E-state index in [1.54, 1.807) is 28.6 Å². The van der Waals surface area contributed by atoms with Crippen LogP contribution in [0.1, 0.15) is 12.5 Å². The van der Waals surface area contributed by atoms with Crippen LogP contribution in [-0.4, -0.2) is 56.9 Å². The molecule has 1 aliphatic heterocycles. The van der Waals surface area contributed by atoms with Crippen molar-refractivity contribution < 1.29 is 8.42 Å². The van der Waals surface area contributed by atoms with E-state index in [-0.39, 0.29) is 12.6 Å². The molecular formula is C15H21N3O2S. The van der Waals surface area contributed by atoms with Gasteiger partial charge in [0, 0.05) is 31.2 Å². The first-order valence-corrected chi connectivity index (χ1v) is 8.38. The lowest BCUT2D eigenvalue weighted by molar-refractivity contribution is 0.159. The Morgan fingerprint density at radius 1 is 1.38 bits per heavy atom. The van der Waals surface area contributed by atoms with Crippen LogP contribution in [0.5, 0.6) is 0 Å². The van der Waals surface area contributed by atoms with Crippen LogP contribution in [0.25, 0.3) is 0 Å². The Labute approximate surface area is 126 Å². The van der Waals surface area contributed by atoms with Gasteiger partial charge in [-0.1, -0.05) is 17.9 Å². The topological polar surface area (TPSA) is 66.6 Å². The highest BCUT2D eigenvalue weighted by molar-refractivity contribution is 7.89. The third-order valence-electron chi connectivity index (χ3n) is 3.73. The zero-order chi connectivity index (χ0) is 15.5. The van der Waals surface area contributed by atoms with Crippen molar-refractivity contribution in [1.82, 2.24) is 9.21 Å². The van der Waals surface area contributed by atoms with Gasteiger partial charge in [-0.2, -0.15) is 4.31 Å². The van der Waals surface area contributed by atoms with Gasteiger partial charge in [-0.3, -0.25) is 0 Å². The summed E-state index contributed by atoms with van der Waals surface area (Å²) in [7, 11) is -1.45. The van der Waals surface area contributed by atoms with Crippen molar-refractivity contribution in [2.24, 2.45) is 5.73 Å². The van der Waals surface area contributed by atoms with Gasteiger partial charge in [0.1, 0.15) is 0 Å².